The van der Waals surface area contributed by atoms with Gasteiger partial charge in [-0.3, -0.25) is 9.69 Å². The normalized spacial score (nSPS) is 19.2. The predicted octanol–water partition coefficient (Wildman–Crippen LogP) is 4.26. The summed E-state index contributed by atoms with van der Waals surface area (Å²) in [7, 11) is 0. The molecule has 2 saturated heterocycles. The molecular formula is C26H35N3O4S. The Kier molecular flexibility index (Phi) is 8.45. The first kappa shape index (κ1) is 24.5. The van der Waals surface area contributed by atoms with Crippen molar-refractivity contribution in [2.45, 2.75) is 33.2 Å². The van der Waals surface area contributed by atoms with Gasteiger partial charge in [0.25, 0.3) is 5.91 Å². The molecule has 4 rings (SSSR count). The number of amides is 2. The number of thiophene rings is 1. The van der Waals surface area contributed by atoms with Crippen molar-refractivity contribution in [2.75, 3.05) is 52.5 Å². The van der Waals surface area contributed by atoms with E-state index in [1.807, 2.05) is 43.0 Å². The maximum atomic E-state index is 12.8. The first-order valence-electron chi connectivity index (χ1n) is 12.2. The highest BCUT2D eigenvalue weighted by atomic mass is 32.1. The molecule has 0 radical (unpaired) electrons. The Morgan fingerprint density at radius 1 is 1.00 bits per heavy atom. The van der Waals surface area contributed by atoms with Crippen molar-refractivity contribution in [3.8, 4) is 5.75 Å². The van der Waals surface area contributed by atoms with Gasteiger partial charge in [0, 0.05) is 56.6 Å². The summed E-state index contributed by atoms with van der Waals surface area (Å²) in [6.07, 6.45) is 1.89. The average molecular weight is 486 g/mol. The molecule has 8 heteroatoms. The highest BCUT2D eigenvalue weighted by molar-refractivity contribution is 7.13. The van der Waals surface area contributed by atoms with Gasteiger partial charge in [-0.15, -0.1) is 11.3 Å². The molecule has 2 aliphatic rings. The molecule has 34 heavy (non-hydrogen) atoms. The second-order valence-electron chi connectivity index (χ2n) is 9.09. The summed E-state index contributed by atoms with van der Waals surface area (Å²) < 4.78 is 11.2. The Hall–Kier alpha value is -2.58. The van der Waals surface area contributed by atoms with E-state index < -0.39 is 0 Å². The van der Waals surface area contributed by atoms with E-state index in [1.54, 1.807) is 16.2 Å². The third kappa shape index (κ3) is 6.51. The van der Waals surface area contributed by atoms with Crippen molar-refractivity contribution in [3.63, 3.8) is 0 Å². The van der Waals surface area contributed by atoms with Crippen molar-refractivity contribution in [2.24, 2.45) is 5.92 Å². The van der Waals surface area contributed by atoms with Crippen LogP contribution in [0.25, 0.3) is 0 Å². The maximum absolute atomic E-state index is 12.8. The van der Waals surface area contributed by atoms with Gasteiger partial charge in [0.2, 0.25) is 0 Å². The summed E-state index contributed by atoms with van der Waals surface area (Å²) in [5, 5.41) is 0. The van der Waals surface area contributed by atoms with Gasteiger partial charge in [-0.05, 0) is 56.5 Å². The molecule has 0 spiro atoms. The molecule has 2 aromatic rings. The van der Waals surface area contributed by atoms with E-state index in [1.165, 1.54) is 10.4 Å². The minimum absolute atomic E-state index is 0.148. The number of carbonyl (C=O) groups is 2. The number of piperazine rings is 1. The zero-order chi connectivity index (χ0) is 23.9. The van der Waals surface area contributed by atoms with Gasteiger partial charge in [-0.2, -0.15) is 0 Å². The first-order chi connectivity index (χ1) is 16.5. The first-order valence-corrected chi connectivity index (χ1v) is 13.0. The lowest BCUT2D eigenvalue weighted by atomic mass is 9.99. The van der Waals surface area contributed by atoms with Crippen molar-refractivity contribution >= 4 is 23.3 Å². The lowest BCUT2D eigenvalue weighted by Crippen LogP contribution is -2.48. The predicted molar refractivity (Wildman–Crippen MR) is 133 cm³/mol. The lowest BCUT2D eigenvalue weighted by molar-refractivity contribution is 0.0637. The topological polar surface area (TPSA) is 62.3 Å². The Morgan fingerprint density at radius 3 is 2.44 bits per heavy atom. The van der Waals surface area contributed by atoms with Crippen LogP contribution in [-0.2, 0) is 11.3 Å². The zero-order valence-electron chi connectivity index (χ0n) is 20.2. The van der Waals surface area contributed by atoms with E-state index in [9.17, 15) is 9.59 Å². The van der Waals surface area contributed by atoms with Gasteiger partial charge in [0.05, 0.1) is 18.1 Å². The standard InChI is InChI=1S/C26H35N3O4S/c1-3-32-26(31)28-15-13-27(14-16-28)17-21-7-9-23(10-8-21)33-19-22-5-4-12-29(18-22)25(30)24-11-6-20(2)34-24/h6-11,22H,3-5,12-19H2,1-2H3/t22-/m0/s1. The number of aryl methyl sites for hydroxylation is 1. The summed E-state index contributed by atoms with van der Waals surface area (Å²) >= 11 is 1.57. The fourth-order valence-corrected chi connectivity index (χ4v) is 5.39. The van der Waals surface area contributed by atoms with Crippen LogP contribution in [0.3, 0.4) is 0 Å². The average Bonchev–Trinajstić information content (AvgIpc) is 3.30. The monoisotopic (exact) mass is 485 g/mol. The fourth-order valence-electron chi connectivity index (χ4n) is 4.56. The molecule has 3 heterocycles. The Morgan fingerprint density at radius 2 is 1.76 bits per heavy atom. The minimum atomic E-state index is -0.212. The summed E-state index contributed by atoms with van der Waals surface area (Å²) in [6.45, 7) is 10.4. The van der Waals surface area contributed by atoms with Crippen LogP contribution in [0.15, 0.2) is 36.4 Å². The van der Waals surface area contributed by atoms with E-state index in [2.05, 4.69) is 17.0 Å². The lowest BCUT2D eigenvalue weighted by Gasteiger charge is -2.34. The molecule has 0 N–H and O–H groups in total. The third-order valence-electron chi connectivity index (χ3n) is 6.47. The molecule has 184 valence electrons. The molecule has 2 aliphatic heterocycles. The van der Waals surface area contributed by atoms with Gasteiger partial charge >= 0.3 is 6.09 Å². The molecule has 1 aromatic carbocycles. The quantitative estimate of drug-likeness (QED) is 0.586. The highest BCUT2D eigenvalue weighted by Gasteiger charge is 2.26. The Balaban J connectivity index is 1.20. The van der Waals surface area contributed by atoms with Crippen molar-refractivity contribution in [3.05, 3.63) is 51.7 Å². The number of benzene rings is 1. The van der Waals surface area contributed by atoms with Crippen molar-refractivity contribution < 1.29 is 19.1 Å². The molecule has 2 fully saturated rings. The van der Waals surface area contributed by atoms with E-state index >= 15 is 0 Å². The smallest absolute Gasteiger partial charge is 0.409 e. The number of piperidine rings is 1. The van der Waals surface area contributed by atoms with Crippen molar-refractivity contribution in [1.82, 2.24) is 14.7 Å². The van der Waals surface area contributed by atoms with Gasteiger partial charge in [0.15, 0.2) is 0 Å². The summed E-state index contributed by atoms with van der Waals surface area (Å²) in [6, 6.07) is 12.2. The summed E-state index contributed by atoms with van der Waals surface area (Å²) in [4.78, 5) is 32.7. The molecule has 2 amide bonds. The number of nitrogens with zero attached hydrogens (tertiary/aromatic N) is 3. The van der Waals surface area contributed by atoms with Crippen LogP contribution in [0.4, 0.5) is 4.79 Å². The molecule has 0 bridgehead atoms. The number of hydrogen-bond donors (Lipinski definition) is 0. The van der Waals surface area contributed by atoms with Gasteiger partial charge < -0.3 is 19.3 Å². The number of likely N-dealkylation sites (tertiary alicyclic amines) is 1. The largest absolute Gasteiger partial charge is 0.493 e. The van der Waals surface area contributed by atoms with Crippen LogP contribution in [0, 0.1) is 12.8 Å². The molecular weight excluding hydrogens is 450 g/mol. The molecule has 1 aromatic heterocycles. The minimum Gasteiger partial charge on any atom is -0.493 e. The van der Waals surface area contributed by atoms with Crippen molar-refractivity contribution in [1.29, 1.82) is 0 Å². The van der Waals surface area contributed by atoms with E-state index in [4.69, 9.17) is 9.47 Å². The highest BCUT2D eigenvalue weighted by Crippen LogP contribution is 2.23. The zero-order valence-corrected chi connectivity index (χ0v) is 21.0. The van der Waals surface area contributed by atoms with Crippen LogP contribution < -0.4 is 4.74 Å². The van der Waals surface area contributed by atoms with E-state index in [-0.39, 0.29) is 12.0 Å². The van der Waals surface area contributed by atoms with Crippen LogP contribution in [0.2, 0.25) is 0 Å². The van der Waals surface area contributed by atoms with Crippen LogP contribution in [-0.4, -0.2) is 79.2 Å². The molecule has 7 nitrogen and oxygen atoms in total. The second-order valence-corrected chi connectivity index (χ2v) is 10.4. The molecule has 0 aliphatic carbocycles. The number of ether oxygens (including phenoxy) is 2. The maximum Gasteiger partial charge on any atom is 0.409 e. The summed E-state index contributed by atoms with van der Waals surface area (Å²) in [5.74, 6) is 1.37. The van der Waals surface area contributed by atoms with Gasteiger partial charge in [-0.1, -0.05) is 12.1 Å². The molecule has 0 unspecified atom stereocenters. The van der Waals surface area contributed by atoms with Crippen LogP contribution in [0.5, 0.6) is 5.75 Å². The van der Waals surface area contributed by atoms with Gasteiger partial charge in [0.1, 0.15) is 5.75 Å². The number of hydrogen-bond acceptors (Lipinski definition) is 6. The van der Waals surface area contributed by atoms with Gasteiger partial charge in [-0.25, -0.2) is 4.79 Å². The second kappa shape index (κ2) is 11.7. The molecule has 1 atom stereocenters. The van der Waals surface area contributed by atoms with Crippen LogP contribution in [0.1, 0.15) is 39.9 Å². The third-order valence-corrected chi connectivity index (χ3v) is 7.46. The van der Waals surface area contributed by atoms with Crippen LogP contribution >= 0.6 is 11.3 Å². The molecule has 0 saturated carbocycles. The summed E-state index contributed by atoms with van der Waals surface area (Å²) in [5.41, 5.74) is 1.23. The van der Waals surface area contributed by atoms with E-state index in [0.29, 0.717) is 32.2 Å². The SMILES string of the molecule is CCOC(=O)N1CCN(Cc2ccc(OC[C@H]3CCCN(C(=O)c4ccc(C)s4)C3)cc2)CC1. The Labute approximate surface area is 206 Å². The number of carbonyl (C=O) groups excluding carboxylic acids is 2. The fraction of sp³-hybridized carbons (Fsp3) is 0.538. The van der Waals surface area contributed by atoms with E-state index in [0.717, 1.165) is 56.2 Å². The Bertz CT molecular complexity index is 953. The number of rotatable bonds is 7.